The average Bonchev–Trinajstić information content (AvgIpc) is 4.21. The van der Waals surface area contributed by atoms with Crippen LogP contribution in [-0.2, 0) is 33.4 Å². The molecule has 3 aromatic heterocycles. The number of thiophene rings is 1. The van der Waals surface area contributed by atoms with Crippen LogP contribution in [0.5, 0.6) is 0 Å². The molecule has 3 aliphatic heterocycles. The molecule has 6 heterocycles. The van der Waals surface area contributed by atoms with Crippen LogP contribution >= 0.6 is 46.6 Å². The largest absolute Gasteiger partial charge is 0.478 e. The van der Waals surface area contributed by atoms with Gasteiger partial charge in [-0.1, -0.05) is 12.1 Å². The van der Waals surface area contributed by atoms with Crippen molar-refractivity contribution in [1.29, 1.82) is 0 Å². The van der Waals surface area contributed by atoms with Crippen molar-refractivity contribution in [3.63, 3.8) is 0 Å². The van der Waals surface area contributed by atoms with Gasteiger partial charge in [-0.05, 0) is 146 Å². The second-order valence-corrected chi connectivity index (χ2v) is 19.1. The molecule has 0 atom stereocenters. The van der Waals surface area contributed by atoms with Gasteiger partial charge in [0.2, 0.25) is 0 Å². The second kappa shape index (κ2) is 23.5. The Morgan fingerprint density at radius 3 is 1.44 bits per heavy atom. The number of methoxy groups -OCH3 is 1. The summed E-state index contributed by atoms with van der Waals surface area (Å²) in [5.41, 5.74) is 4.34. The molecular weight excluding hydrogens is 1010 g/mol. The van der Waals surface area contributed by atoms with E-state index in [1.807, 2.05) is 18.4 Å². The fourth-order valence-electron chi connectivity index (χ4n) is 6.55. The first-order valence-electron chi connectivity index (χ1n) is 21.1. The molecule has 72 heavy (non-hydrogen) atoms. The molecule has 2 aromatic carbocycles. The molecule has 23 heteroatoms. The molecule has 0 spiro atoms. The van der Waals surface area contributed by atoms with Crippen LogP contribution in [0, 0.1) is 20.8 Å². The van der Waals surface area contributed by atoms with Crippen molar-refractivity contribution in [2.45, 2.75) is 27.7 Å². The number of rotatable bonds is 12. The van der Waals surface area contributed by atoms with Crippen molar-refractivity contribution in [2.24, 2.45) is 0 Å². The lowest BCUT2D eigenvalue weighted by Gasteiger charge is -2.10. The van der Waals surface area contributed by atoms with Crippen molar-refractivity contribution in [3.8, 4) is 22.6 Å². The van der Waals surface area contributed by atoms with Crippen molar-refractivity contribution in [1.82, 2.24) is 14.7 Å². The number of aryl methyl sites for hydroxylation is 3. The molecule has 0 aliphatic carbocycles. The Hall–Kier alpha value is -7.73. The van der Waals surface area contributed by atoms with Gasteiger partial charge in [-0.15, -0.1) is 11.3 Å². The van der Waals surface area contributed by atoms with Crippen LogP contribution in [0.1, 0.15) is 60.7 Å². The highest BCUT2D eigenvalue weighted by Crippen LogP contribution is 2.36. The number of furan rings is 2. The summed E-state index contributed by atoms with van der Waals surface area (Å²) in [5, 5.41) is 18.8. The van der Waals surface area contributed by atoms with Crippen molar-refractivity contribution < 1.29 is 76.5 Å². The van der Waals surface area contributed by atoms with E-state index in [2.05, 4.69) is 4.74 Å². The summed E-state index contributed by atoms with van der Waals surface area (Å²) in [5.74, 6) is -3.09. The van der Waals surface area contributed by atoms with E-state index in [9.17, 15) is 47.9 Å². The summed E-state index contributed by atoms with van der Waals surface area (Å²) < 4.78 is 20.7. The van der Waals surface area contributed by atoms with Crippen molar-refractivity contribution in [2.75, 3.05) is 33.9 Å². The molecule has 2 N–H and O–H groups in total. The van der Waals surface area contributed by atoms with Gasteiger partial charge in [-0.3, -0.25) is 53.1 Å². The minimum absolute atomic E-state index is 0.132. The van der Waals surface area contributed by atoms with E-state index in [-0.39, 0.29) is 38.7 Å². The number of thioether (sulfide) groups is 3. The third kappa shape index (κ3) is 12.8. The predicted molar refractivity (Wildman–Crippen MR) is 268 cm³/mol. The summed E-state index contributed by atoms with van der Waals surface area (Å²) in [6.07, 6.45) is 4.64. The number of esters is 2. The summed E-state index contributed by atoms with van der Waals surface area (Å²) in [6.45, 7) is 6.43. The Morgan fingerprint density at radius 1 is 0.597 bits per heavy atom. The molecule has 3 saturated heterocycles. The van der Waals surface area contributed by atoms with Gasteiger partial charge < -0.3 is 28.5 Å². The third-order valence-electron chi connectivity index (χ3n) is 10.3. The van der Waals surface area contributed by atoms with E-state index in [1.54, 1.807) is 80.6 Å². The van der Waals surface area contributed by atoms with Gasteiger partial charge in [0.1, 0.15) is 36.1 Å². The number of carbonyl (C=O) groups excluding carboxylic acids is 8. The number of benzene rings is 2. The Balaban J connectivity index is 0.000000185. The first kappa shape index (κ1) is 53.6. The Morgan fingerprint density at radius 2 is 1.06 bits per heavy atom. The summed E-state index contributed by atoms with van der Waals surface area (Å²) >= 11 is 3.99. The lowest BCUT2D eigenvalue weighted by Crippen LogP contribution is -2.34. The number of carboxylic acids is 2. The minimum atomic E-state index is -1.02. The molecule has 0 bridgehead atoms. The Bertz CT molecular complexity index is 3160. The normalized spacial score (nSPS) is 16.1. The van der Waals surface area contributed by atoms with Gasteiger partial charge in [0.15, 0.2) is 0 Å². The summed E-state index contributed by atoms with van der Waals surface area (Å²) in [6, 6.07) is 18.0. The number of amides is 6. The van der Waals surface area contributed by atoms with E-state index in [0.29, 0.717) is 62.6 Å². The van der Waals surface area contributed by atoms with Crippen LogP contribution in [-0.4, -0.2) is 116 Å². The molecular formula is C49H41N3O16S4. The van der Waals surface area contributed by atoms with E-state index in [0.717, 1.165) is 48.0 Å². The zero-order valence-electron chi connectivity index (χ0n) is 38.9. The van der Waals surface area contributed by atoms with Crippen LogP contribution in [0.3, 0.4) is 0 Å². The van der Waals surface area contributed by atoms with Crippen LogP contribution < -0.4 is 0 Å². The number of ether oxygens (including phenoxy) is 2. The van der Waals surface area contributed by atoms with Gasteiger partial charge in [0, 0.05) is 35.2 Å². The van der Waals surface area contributed by atoms with Gasteiger partial charge in [0.25, 0.3) is 33.4 Å². The number of aromatic carboxylic acids is 2. The Kier molecular flexibility index (Phi) is 17.5. The van der Waals surface area contributed by atoms with Gasteiger partial charge in [-0.2, -0.15) is 0 Å². The quantitative estimate of drug-likeness (QED) is 0.0870. The Labute approximate surface area is 426 Å². The highest BCUT2D eigenvalue weighted by Gasteiger charge is 2.38. The van der Waals surface area contributed by atoms with Gasteiger partial charge in [0.05, 0.1) is 39.6 Å². The minimum Gasteiger partial charge on any atom is -0.478 e. The van der Waals surface area contributed by atoms with Crippen LogP contribution in [0.4, 0.5) is 14.4 Å². The van der Waals surface area contributed by atoms with Crippen LogP contribution in [0.15, 0.2) is 95.7 Å². The predicted octanol–water partition coefficient (Wildman–Crippen LogP) is 9.44. The number of likely N-dealkylation sites (N-methyl/N-ethyl adjacent to an activating group) is 1. The zero-order valence-corrected chi connectivity index (χ0v) is 42.1. The topological polar surface area (TPSA) is 266 Å². The molecule has 5 aromatic rings. The van der Waals surface area contributed by atoms with E-state index in [1.165, 1.54) is 44.5 Å². The molecule has 3 fully saturated rings. The van der Waals surface area contributed by atoms with Crippen LogP contribution in [0.2, 0.25) is 0 Å². The average molecular weight is 1060 g/mol. The van der Waals surface area contributed by atoms with Crippen LogP contribution in [0.25, 0.3) is 40.9 Å². The molecule has 6 amide bonds. The number of imide groups is 3. The maximum absolute atomic E-state index is 12.4. The first-order chi connectivity index (χ1) is 34.2. The number of hydrogen-bond acceptors (Lipinski definition) is 18. The number of hydrogen-bond donors (Lipinski definition) is 2. The molecule has 0 radical (unpaired) electrons. The van der Waals surface area contributed by atoms with Crippen molar-refractivity contribution in [3.05, 3.63) is 131 Å². The summed E-state index contributed by atoms with van der Waals surface area (Å²) in [7, 11) is 2.67. The van der Waals surface area contributed by atoms with E-state index < -0.39 is 59.3 Å². The SMILES string of the molecule is CCOC(=O)CN1C(=O)S/C(=C\c2ccc(-c3ccc(C(=O)O)cc3C)o2)C1=O.COC(=O)CN1C(=O)S/C(=C\c2ccc(-c3ccc(C(=O)O)cc3C)o2)C1=O.Cc1ccsc1/C=C1\SC(=O)N(C)C1=O. The monoisotopic (exact) mass is 1060 g/mol. The fourth-order valence-corrected chi connectivity index (χ4v) is 9.93. The number of carbonyl (C=O) groups is 10. The number of nitrogens with zero attached hydrogens (tertiary/aromatic N) is 3. The highest BCUT2D eigenvalue weighted by atomic mass is 32.2. The zero-order chi connectivity index (χ0) is 52.6. The fraction of sp³-hybridized carbons (Fsp3) is 0.184. The third-order valence-corrected chi connectivity index (χ3v) is 14.0. The molecule has 0 saturated carbocycles. The van der Waals surface area contributed by atoms with Gasteiger partial charge >= 0.3 is 23.9 Å². The molecule has 8 rings (SSSR count). The molecule has 0 unspecified atom stereocenters. The van der Waals surface area contributed by atoms with E-state index >= 15 is 0 Å². The smallest absolute Gasteiger partial charge is 0.335 e. The van der Waals surface area contributed by atoms with E-state index in [4.69, 9.17) is 23.8 Å². The number of carboxylic acid groups (broad SMARTS) is 2. The lowest BCUT2D eigenvalue weighted by atomic mass is 10.0. The maximum Gasteiger partial charge on any atom is 0.335 e. The second-order valence-electron chi connectivity index (χ2n) is 15.2. The lowest BCUT2D eigenvalue weighted by molar-refractivity contribution is -0.146. The molecule has 372 valence electrons. The standard InChI is InChI=1S/C20H17NO7S.C19H15NO7S.C10H9NO2S2/c1-3-27-17(22)10-21-18(23)16(29-20(21)26)9-13-5-7-15(28-13)14-6-4-12(19(24)25)8-11(14)2;1-10-7-11(18(23)24)3-5-13(10)14-6-4-12(27-14)8-15-17(22)20(19(25)28-15)9-16(21)26-2;1-6-3-4-14-7(6)5-8-9(12)11(2)10(13)15-8/h4-9H,3,10H2,1-2H3,(H,24,25);3-8H,9H2,1-2H3,(H,23,24);3-5H,1-2H3/b16-9-;15-8-;8-5-. The summed E-state index contributed by atoms with van der Waals surface area (Å²) in [4.78, 5) is 121. The molecule has 3 aliphatic rings. The highest BCUT2D eigenvalue weighted by molar-refractivity contribution is 8.19. The van der Waals surface area contributed by atoms with Gasteiger partial charge in [-0.25, -0.2) is 9.59 Å². The molecule has 19 nitrogen and oxygen atoms in total. The maximum atomic E-state index is 12.4. The first-order valence-corrected chi connectivity index (χ1v) is 24.4. The van der Waals surface area contributed by atoms with Crippen molar-refractivity contribution >= 4 is 122 Å².